The molecule has 35 nitrogen and oxygen atoms in total. The van der Waals surface area contributed by atoms with Crippen LogP contribution in [0.4, 0.5) is 28.8 Å². The largest absolute Gasteiger partial charge is 0.444 e. The number of allylic oxidation sites excluding steroid dienone is 2. The molecule has 0 bridgehead atoms. The van der Waals surface area contributed by atoms with Crippen molar-refractivity contribution in [2.75, 3.05) is 66.2 Å². The van der Waals surface area contributed by atoms with Crippen LogP contribution in [0.2, 0.25) is 0 Å². The second-order valence-electron chi connectivity index (χ2n) is 36.8. The quantitative estimate of drug-likeness (QED) is 0.0341. The number of ketones is 5. The predicted molar refractivity (Wildman–Crippen MR) is 446 cm³/mol. The summed E-state index contributed by atoms with van der Waals surface area (Å²) < 4.78 is 76.3. The SMILES string of the molecule is C.C/C=C/C(=O)[C@@H]1COC(C)(C)N1C(=O)OC(C)(C)C.C/C=C/C(O)[C@@H]1COC(C)(C)N1C(=O)OC(C)(C)C.CC(=O)[C@@H](N)CO.CC(=O)[C@@H]1COC(C)(C)N1C(=O)OC(C)(C)C.CC(=O)[C@H](CO)NC(=O)OC(C)(C)C.CCCC(O)[C@@H]1COC(C)(C)N1C(=O)OC(C)(C)C.COP(C)(=O)CC(=O)[C@@H]1COC(C)(C)N1C(=O)OC(C)(C)C. The zero-order valence-electron chi connectivity index (χ0n) is 76.9. The maximum absolute atomic E-state index is 12.4. The Morgan fingerprint density at radius 1 is 0.492 bits per heavy atom. The molecule has 0 radical (unpaired) electrons. The van der Waals surface area contributed by atoms with E-state index in [-0.39, 0.29) is 81.6 Å². The van der Waals surface area contributed by atoms with Crippen molar-refractivity contribution in [1.29, 1.82) is 0 Å². The summed E-state index contributed by atoms with van der Waals surface area (Å²) in [5, 5.41) is 39.4. The second kappa shape index (κ2) is 47.0. The molecule has 0 aromatic rings. The molecule has 7 N–H and O–H groups in total. The fourth-order valence-corrected chi connectivity index (χ4v) is 12.0. The Kier molecular flexibility index (Phi) is 46.0. The Balaban J connectivity index is -0.00000133. The molecule has 10 atom stereocenters. The third kappa shape index (κ3) is 41.2. The maximum Gasteiger partial charge on any atom is 0.413 e. The summed E-state index contributed by atoms with van der Waals surface area (Å²) in [5.74, 6) is -1.09. The summed E-state index contributed by atoms with van der Waals surface area (Å²) in [7, 11) is -1.71. The first-order chi connectivity index (χ1) is 52.5. The number of amides is 6. The molecule has 5 saturated heterocycles. The van der Waals surface area contributed by atoms with Crippen LogP contribution < -0.4 is 11.1 Å². The van der Waals surface area contributed by atoms with Crippen LogP contribution in [-0.4, -0.2) is 293 Å². The molecule has 118 heavy (non-hydrogen) atoms. The average Bonchev–Trinajstić information content (AvgIpc) is 1.66. The number of alkyl carbamates (subject to hydrolysis) is 1. The smallest absolute Gasteiger partial charge is 0.413 e. The maximum atomic E-state index is 12.4. The molecule has 0 aromatic carbocycles. The molecule has 5 aliphatic heterocycles. The minimum absolute atomic E-state index is 0. The van der Waals surface area contributed by atoms with Gasteiger partial charge in [0.2, 0.25) is 7.37 Å². The summed E-state index contributed by atoms with van der Waals surface area (Å²) in [6.07, 6.45) is 3.14. The monoisotopic (exact) mass is 1710 g/mol. The number of Topliss-reactive ketones (excluding diaryl/α,β-unsaturated/α-hetero) is 4. The van der Waals surface area contributed by atoms with Gasteiger partial charge in [0.05, 0.1) is 82.7 Å². The van der Waals surface area contributed by atoms with Crippen molar-refractivity contribution in [3.05, 3.63) is 24.3 Å². The van der Waals surface area contributed by atoms with Crippen molar-refractivity contribution < 1.29 is 134 Å². The van der Waals surface area contributed by atoms with Crippen LogP contribution in [0.3, 0.4) is 0 Å². The first-order valence-electron chi connectivity index (χ1n) is 39.1. The Labute approximate surface area is 702 Å². The van der Waals surface area contributed by atoms with E-state index < -0.39 is 161 Å². The first-order valence-corrected chi connectivity index (χ1v) is 41.4. The van der Waals surface area contributed by atoms with E-state index in [9.17, 15) is 67.5 Å². The van der Waals surface area contributed by atoms with Gasteiger partial charge >= 0.3 is 36.6 Å². The number of carbonyl (C=O) groups is 11. The highest BCUT2D eigenvalue weighted by Gasteiger charge is 2.53. The van der Waals surface area contributed by atoms with E-state index in [2.05, 4.69) is 5.32 Å². The number of carbonyl (C=O) groups excluding carboxylic acids is 11. The van der Waals surface area contributed by atoms with E-state index in [0.29, 0.717) is 13.0 Å². The van der Waals surface area contributed by atoms with Gasteiger partial charge in [0.15, 0.2) is 23.1 Å². The number of nitrogens with one attached hydrogen (secondary N) is 1. The van der Waals surface area contributed by atoms with E-state index in [0.717, 1.165) is 6.42 Å². The summed E-state index contributed by atoms with van der Waals surface area (Å²) >= 11 is 0. The molecule has 0 aromatic heterocycles. The van der Waals surface area contributed by atoms with Crippen molar-refractivity contribution in [3.63, 3.8) is 0 Å². The Bertz CT molecular complexity index is 3370. The van der Waals surface area contributed by atoms with Crippen molar-refractivity contribution in [3.8, 4) is 0 Å². The zero-order chi connectivity index (χ0) is 92.5. The third-order valence-electron chi connectivity index (χ3n) is 16.7. The van der Waals surface area contributed by atoms with Crippen LogP contribution in [0, 0.1) is 0 Å². The summed E-state index contributed by atoms with van der Waals surface area (Å²) in [6.45, 7) is 61.1. The standard InChI is InChI=1S/C14H26NO6P.C14H27NO4.C14H25NO4.C14H23NO4.C12H21NO4.C9H17NO4.C4H9NO2.CH4/c1-13(2,3)21-12(17)15-10(8-20-14(15,4)5)11(16)9-22(7,18)19-6;3*1-7-8-11(16)10-9-18-14(5,6)15(10)12(17)19-13(2,3)4;1-8(14)9-7-16-12(5,6)13(9)10(15)17-11(2,3)4;1-6(12)7(5-11)10-8(13)14-9(2,3)4;1-3(7)4(5)2-6;/h10H,8-9H2,1-7H3;10-11,16H,7-9H2,1-6H3;7-8,10-11,16H,9H2,1-6H3;7-8,10H,9H2,1-6H3;9H,7H2,1-6H3;7,11H,5H2,1-4H3,(H,10,13);4,6H,2,5H2,1H3;1H4/b;;2*8-7+;;;;/t10-,22?;2*10-,11?;10-;9-;7-;4-;/m0000000./s1. The van der Waals surface area contributed by atoms with Gasteiger partial charge in [0.1, 0.15) is 92.2 Å². The van der Waals surface area contributed by atoms with Gasteiger partial charge < -0.3 is 88.1 Å². The molecule has 6 amide bonds. The van der Waals surface area contributed by atoms with E-state index in [1.54, 1.807) is 164 Å². The topological polar surface area (TPSA) is 451 Å². The van der Waals surface area contributed by atoms with Crippen molar-refractivity contribution in [2.24, 2.45) is 5.73 Å². The second-order valence-corrected chi connectivity index (χ2v) is 39.5. The lowest BCUT2D eigenvalue weighted by molar-refractivity contribution is -0.122. The predicted octanol–water partition coefficient (Wildman–Crippen LogP) is 11.7. The molecular formula is C82H152N7O28P. The van der Waals surface area contributed by atoms with Crippen LogP contribution in [0.5, 0.6) is 0 Å². The van der Waals surface area contributed by atoms with Crippen molar-refractivity contribution in [2.45, 2.75) is 372 Å². The molecule has 688 valence electrons. The van der Waals surface area contributed by atoms with Gasteiger partial charge in [0, 0.05) is 13.8 Å². The van der Waals surface area contributed by atoms with Gasteiger partial charge in [-0.1, -0.05) is 39.0 Å². The van der Waals surface area contributed by atoms with E-state index >= 15 is 0 Å². The van der Waals surface area contributed by atoms with Gasteiger partial charge in [-0.05, 0) is 241 Å². The van der Waals surface area contributed by atoms with Gasteiger partial charge in [-0.3, -0.25) is 53.0 Å². The average molecular weight is 1720 g/mol. The highest BCUT2D eigenvalue weighted by Crippen LogP contribution is 2.43. The van der Waals surface area contributed by atoms with Crippen LogP contribution >= 0.6 is 7.37 Å². The van der Waals surface area contributed by atoms with Gasteiger partial charge in [-0.25, -0.2) is 28.8 Å². The molecule has 5 aliphatic rings. The Morgan fingerprint density at radius 3 is 1.10 bits per heavy atom. The normalized spacial score (nSPS) is 21.8. The van der Waals surface area contributed by atoms with Gasteiger partial charge in [-0.15, -0.1) is 0 Å². The number of nitrogens with two attached hydrogens (primary N) is 1. The van der Waals surface area contributed by atoms with E-state index in [1.807, 2.05) is 69.2 Å². The lowest BCUT2D eigenvalue weighted by atomic mass is 10.1. The van der Waals surface area contributed by atoms with Crippen LogP contribution in [0.1, 0.15) is 256 Å². The number of nitrogens with zero attached hydrogens (tertiary/aromatic N) is 5. The molecule has 0 spiro atoms. The van der Waals surface area contributed by atoms with Crippen molar-refractivity contribution >= 4 is 72.8 Å². The van der Waals surface area contributed by atoms with Gasteiger partial charge in [0.25, 0.3) is 0 Å². The number of hydrogen-bond acceptors (Lipinski definition) is 29. The molecule has 5 heterocycles. The van der Waals surface area contributed by atoms with Crippen LogP contribution in [0.25, 0.3) is 0 Å². The minimum Gasteiger partial charge on any atom is -0.444 e. The lowest BCUT2D eigenvalue weighted by Gasteiger charge is -2.36. The molecule has 0 aliphatic carbocycles. The molecule has 36 heteroatoms. The number of aliphatic hydroxyl groups excluding tert-OH is 4. The fraction of sp³-hybridized carbons (Fsp3) is 0.817. The number of hydrogen-bond donors (Lipinski definition) is 6. The summed E-state index contributed by atoms with van der Waals surface area (Å²) in [6, 6.07) is -4.34. The van der Waals surface area contributed by atoms with E-state index in [4.69, 9.17) is 72.6 Å². The van der Waals surface area contributed by atoms with Crippen LogP contribution in [-0.2, 0) is 85.2 Å². The summed E-state index contributed by atoms with van der Waals surface area (Å²) in [4.78, 5) is 136. The molecule has 0 saturated carbocycles. The Morgan fingerprint density at radius 2 is 0.805 bits per heavy atom. The molecule has 5 fully saturated rings. The minimum atomic E-state index is -3.01. The van der Waals surface area contributed by atoms with Crippen LogP contribution in [0.15, 0.2) is 24.3 Å². The number of aliphatic hydroxyl groups is 4. The summed E-state index contributed by atoms with van der Waals surface area (Å²) in [5.41, 5.74) is -2.75. The Hall–Kier alpha value is -6.76. The highest BCUT2D eigenvalue weighted by atomic mass is 31.2. The molecule has 3 unspecified atom stereocenters. The van der Waals surface area contributed by atoms with Gasteiger partial charge in [-0.2, -0.15) is 0 Å². The molecule has 5 rings (SSSR count). The number of rotatable bonds is 17. The lowest BCUT2D eigenvalue weighted by Crippen LogP contribution is -2.53. The molecular weight excluding hydrogens is 1560 g/mol. The zero-order valence-corrected chi connectivity index (χ0v) is 77.8. The number of ether oxygens (including phenoxy) is 11. The fourth-order valence-electron chi connectivity index (χ4n) is 11.1. The third-order valence-corrected chi connectivity index (χ3v) is 18.3. The van der Waals surface area contributed by atoms with E-state index in [1.165, 1.54) is 65.1 Å². The first kappa shape index (κ1) is 115. The highest BCUT2D eigenvalue weighted by molar-refractivity contribution is 7.59. The van der Waals surface area contributed by atoms with Crippen molar-refractivity contribution in [1.82, 2.24) is 29.8 Å².